The van der Waals surface area contributed by atoms with E-state index in [2.05, 4.69) is 5.32 Å². The van der Waals surface area contributed by atoms with Gasteiger partial charge in [-0.2, -0.15) is 8.42 Å². The number of aliphatic hydroxyl groups is 1. The fraction of sp³-hybridized carbons (Fsp3) is 0.294. The molecule has 0 fully saturated rings. The fourth-order valence-corrected chi connectivity index (χ4v) is 4.66. The lowest BCUT2D eigenvalue weighted by Gasteiger charge is -2.23. The number of aliphatic hydroxyl groups excluding tert-OH is 1. The monoisotopic (exact) mass is 383 g/mol. The molecule has 0 aliphatic carbocycles. The molecule has 9 heteroatoms. The van der Waals surface area contributed by atoms with Crippen LogP contribution in [0.1, 0.15) is 6.42 Å². The van der Waals surface area contributed by atoms with Crippen LogP contribution >= 0.6 is 0 Å². The maximum absolute atomic E-state index is 14.3. The molecule has 3 rings (SSSR count). The van der Waals surface area contributed by atoms with Gasteiger partial charge in [-0.15, -0.1) is 0 Å². The summed E-state index contributed by atoms with van der Waals surface area (Å²) in [6.45, 7) is 0.327. The molecule has 2 N–H and O–H groups in total. The highest BCUT2D eigenvalue weighted by Crippen LogP contribution is 2.46. The summed E-state index contributed by atoms with van der Waals surface area (Å²) >= 11 is 0. The Morgan fingerprint density at radius 1 is 1.12 bits per heavy atom. The average molecular weight is 383 g/mol. The minimum atomic E-state index is -4.16. The van der Waals surface area contributed by atoms with E-state index in [9.17, 15) is 22.3 Å². The topological polar surface area (TPSA) is 72.9 Å². The molecule has 2 aromatic carbocycles. The average Bonchev–Trinajstić information content (AvgIpc) is 2.81. The second-order valence-corrected chi connectivity index (χ2v) is 7.63. The lowest BCUT2D eigenvalue weighted by molar-refractivity contribution is 0.167. The summed E-state index contributed by atoms with van der Waals surface area (Å²) < 4.78 is 55.9. The van der Waals surface area contributed by atoms with E-state index >= 15 is 0 Å². The molecule has 1 aliphatic rings. The van der Waals surface area contributed by atoms with E-state index in [-0.39, 0.29) is 24.3 Å². The summed E-state index contributed by atoms with van der Waals surface area (Å²) in [4.78, 5) is 0. The number of rotatable bonds is 6. The van der Waals surface area contributed by atoms with Gasteiger partial charge in [0.2, 0.25) is 0 Å². The summed E-state index contributed by atoms with van der Waals surface area (Å²) in [5.74, 6) is -1.58. The third-order valence-corrected chi connectivity index (χ3v) is 5.90. The zero-order valence-electron chi connectivity index (χ0n) is 14.1. The molecule has 1 aliphatic heterocycles. The van der Waals surface area contributed by atoms with Crippen molar-refractivity contribution in [2.24, 2.45) is 0 Å². The third-order valence-electron chi connectivity index (χ3n) is 4.11. The van der Waals surface area contributed by atoms with Gasteiger partial charge in [-0.3, -0.25) is 4.31 Å². The van der Waals surface area contributed by atoms with Gasteiger partial charge in [-0.05, 0) is 37.7 Å². The van der Waals surface area contributed by atoms with Crippen molar-refractivity contribution in [1.29, 1.82) is 0 Å². The molecule has 0 aromatic heterocycles. The second-order valence-electron chi connectivity index (χ2n) is 5.93. The molecule has 0 radical (unpaired) electrons. The number of anilines is 3. The van der Waals surface area contributed by atoms with Crippen molar-refractivity contribution >= 4 is 27.3 Å². The summed E-state index contributed by atoms with van der Waals surface area (Å²) in [5, 5.41) is 12.7. The van der Waals surface area contributed by atoms with Crippen molar-refractivity contribution < 1.29 is 22.3 Å². The first-order valence-corrected chi connectivity index (χ1v) is 9.45. The molecular weight excluding hydrogens is 364 g/mol. The SMILES string of the molecule is CNC[C@@H](O)CCN1c2ccccc2N(c2cc(F)ccc2F)S1(=O)=O. The molecule has 26 heavy (non-hydrogen) atoms. The highest BCUT2D eigenvalue weighted by molar-refractivity contribution is 7.95. The number of hydrogen-bond donors (Lipinski definition) is 2. The van der Waals surface area contributed by atoms with E-state index in [4.69, 9.17) is 0 Å². The van der Waals surface area contributed by atoms with Gasteiger partial charge in [0.05, 0.1) is 23.2 Å². The summed E-state index contributed by atoms with van der Waals surface area (Å²) in [7, 11) is -2.48. The molecule has 0 saturated heterocycles. The Kier molecular flexibility index (Phi) is 5.12. The maximum Gasteiger partial charge on any atom is 0.331 e. The van der Waals surface area contributed by atoms with Crippen LogP contribution in [0.15, 0.2) is 42.5 Å². The highest BCUT2D eigenvalue weighted by atomic mass is 32.2. The molecule has 0 spiro atoms. The third kappa shape index (κ3) is 3.25. The second kappa shape index (κ2) is 7.18. The van der Waals surface area contributed by atoms with Gasteiger partial charge in [0, 0.05) is 19.2 Å². The molecule has 1 atom stereocenters. The van der Waals surface area contributed by atoms with Gasteiger partial charge in [0.1, 0.15) is 11.6 Å². The molecule has 1 heterocycles. The van der Waals surface area contributed by atoms with E-state index < -0.39 is 27.9 Å². The summed E-state index contributed by atoms with van der Waals surface area (Å²) in [6, 6.07) is 9.08. The number of para-hydroxylation sites is 2. The Morgan fingerprint density at radius 2 is 1.81 bits per heavy atom. The van der Waals surface area contributed by atoms with Gasteiger partial charge in [0.15, 0.2) is 0 Å². The van der Waals surface area contributed by atoms with Crippen LogP contribution in [0, 0.1) is 11.6 Å². The number of nitrogens with zero attached hydrogens (tertiary/aromatic N) is 2. The van der Waals surface area contributed by atoms with Crippen molar-refractivity contribution in [2.75, 3.05) is 28.7 Å². The predicted octanol–water partition coefficient (Wildman–Crippen LogP) is 2.14. The predicted molar refractivity (Wildman–Crippen MR) is 95.8 cm³/mol. The van der Waals surface area contributed by atoms with Crippen LogP contribution in [0.4, 0.5) is 25.8 Å². The van der Waals surface area contributed by atoms with Gasteiger partial charge >= 0.3 is 10.2 Å². The van der Waals surface area contributed by atoms with Crippen molar-refractivity contribution in [3.63, 3.8) is 0 Å². The molecular formula is C17H19F2N3O3S. The molecule has 0 saturated carbocycles. The Bertz CT molecular complexity index is 908. The van der Waals surface area contributed by atoms with E-state index in [1.165, 1.54) is 6.07 Å². The van der Waals surface area contributed by atoms with E-state index in [1.807, 2.05) is 0 Å². The van der Waals surface area contributed by atoms with Crippen LogP contribution in [0.5, 0.6) is 0 Å². The summed E-state index contributed by atoms with van der Waals surface area (Å²) in [6.07, 6.45) is -0.546. The zero-order valence-corrected chi connectivity index (χ0v) is 14.9. The van der Waals surface area contributed by atoms with Crippen LogP contribution in [0.3, 0.4) is 0 Å². The lowest BCUT2D eigenvalue weighted by atomic mass is 10.2. The smallest absolute Gasteiger partial charge is 0.331 e. The number of nitrogens with one attached hydrogen (secondary N) is 1. The number of fused-ring (bicyclic) bond motifs is 1. The number of likely N-dealkylation sites (N-methyl/N-ethyl adjacent to an activating group) is 1. The number of halogens is 2. The van der Waals surface area contributed by atoms with Gasteiger partial charge in [-0.1, -0.05) is 12.1 Å². The lowest BCUT2D eigenvalue weighted by Crippen LogP contribution is -2.38. The Morgan fingerprint density at radius 3 is 2.50 bits per heavy atom. The number of benzene rings is 2. The molecule has 0 amide bonds. The first-order valence-electron chi connectivity index (χ1n) is 8.06. The van der Waals surface area contributed by atoms with E-state index in [1.54, 1.807) is 25.2 Å². The minimum Gasteiger partial charge on any atom is -0.392 e. The normalized spacial score (nSPS) is 16.6. The van der Waals surface area contributed by atoms with Crippen molar-refractivity contribution in [2.45, 2.75) is 12.5 Å². The highest BCUT2D eigenvalue weighted by Gasteiger charge is 2.42. The van der Waals surface area contributed by atoms with Crippen LogP contribution in [-0.2, 0) is 10.2 Å². The molecule has 140 valence electrons. The van der Waals surface area contributed by atoms with Crippen molar-refractivity contribution in [1.82, 2.24) is 5.32 Å². The molecule has 0 unspecified atom stereocenters. The Balaban J connectivity index is 2.03. The first-order chi connectivity index (χ1) is 12.4. The molecule has 6 nitrogen and oxygen atoms in total. The first kappa shape index (κ1) is 18.6. The van der Waals surface area contributed by atoms with E-state index in [0.29, 0.717) is 12.2 Å². The molecule has 0 bridgehead atoms. The largest absolute Gasteiger partial charge is 0.392 e. The summed E-state index contributed by atoms with van der Waals surface area (Å²) in [5.41, 5.74) is 0.212. The van der Waals surface area contributed by atoms with Crippen LogP contribution in [-0.4, -0.2) is 39.8 Å². The number of hydrogen-bond acceptors (Lipinski definition) is 4. The molecule has 2 aromatic rings. The zero-order chi connectivity index (χ0) is 18.9. The van der Waals surface area contributed by atoms with Crippen molar-refractivity contribution in [3.8, 4) is 0 Å². The fourth-order valence-electron chi connectivity index (χ4n) is 2.93. The van der Waals surface area contributed by atoms with Crippen LogP contribution in [0.2, 0.25) is 0 Å². The van der Waals surface area contributed by atoms with Crippen LogP contribution in [0.25, 0.3) is 0 Å². The van der Waals surface area contributed by atoms with Gasteiger partial charge in [-0.25, -0.2) is 13.1 Å². The van der Waals surface area contributed by atoms with E-state index in [0.717, 1.165) is 26.8 Å². The maximum atomic E-state index is 14.3. The minimum absolute atomic E-state index is 0.00955. The standard InChI is InChI=1S/C17H19F2N3O3S/c1-20-11-13(23)8-9-21-15-4-2-3-5-16(15)22(26(21,24)25)17-10-12(18)6-7-14(17)19/h2-7,10,13,20,23H,8-9,11H2,1H3/t13-/m0/s1. The van der Waals surface area contributed by atoms with Crippen LogP contribution < -0.4 is 13.9 Å². The Labute approximate surface area is 150 Å². The van der Waals surface area contributed by atoms with Gasteiger partial charge in [0.25, 0.3) is 0 Å². The van der Waals surface area contributed by atoms with Crippen molar-refractivity contribution in [3.05, 3.63) is 54.1 Å². The van der Waals surface area contributed by atoms with Gasteiger partial charge < -0.3 is 10.4 Å². The Hall–Kier alpha value is -2.23. The quantitative estimate of drug-likeness (QED) is 0.802.